The summed E-state index contributed by atoms with van der Waals surface area (Å²) in [6.07, 6.45) is 2.80. The van der Waals surface area contributed by atoms with E-state index in [1.54, 1.807) is 39.1 Å². The highest BCUT2D eigenvalue weighted by atomic mass is 16.3. The number of nitrogens with one attached hydrogen (secondary N) is 1. The zero-order valence-corrected chi connectivity index (χ0v) is 9.78. The number of nitrogen functional groups attached to an aromatic ring is 1. The number of rotatable bonds is 3. The number of aliphatic imine (C=N–C) groups is 1. The molecule has 1 rings (SSSR count). The topological polar surface area (TPSA) is 82.5 Å². The van der Waals surface area contributed by atoms with E-state index in [2.05, 4.69) is 4.99 Å². The molecule has 0 saturated carbocycles. The molecule has 1 aromatic rings. The molecule has 86 valence electrons. The van der Waals surface area contributed by atoms with Crippen molar-refractivity contribution in [3.8, 4) is 0 Å². The smallest absolute Gasteiger partial charge is 0.0860 e. The Balaban J connectivity index is 3.46. The Labute approximate surface area is 95.3 Å². The zero-order chi connectivity index (χ0) is 12.3. The lowest BCUT2D eigenvalue weighted by atomic mass is 9.93. The molecule has 0 bridgehead atoms. The summed E-state index contributed by atoms with van der Waals surface area (Å²) in [7, 11) is 0. The first-order chi connectivity index (χ1) is 7.41. The normalized spacial score (nSPS) is 12.0. The number of benzene rings is 1. The van der Waals surface area contributed by atoms with Crippen LogP contribution in [-0.4, -0.2) is 17.5 Å². The van der Waals surface area contributed by atoms with Gasteiger partial charge in [0.05, 0.1) is 11.3 Å². The van der Waals surface area contributed by atoms with Crippen molar-refractivity contribution in [3.63, 3.8) is 0 Å². The highest BCUT2D eigenvalue weighted by Gasteiger charge is 2.21. The second kappa shape index (κ2) is 4.45. The average Bonchev–Trinajstić information content (AvgIpc) is 2.16. The van der Waals surface area contributed by atoms with Gasteiger partial charge in [-0.3, -0.25) is 4.99 Å². The second-order valence-electron chi connectivity index (χ2n) is 4.05. The monoisotopic (exact) mass is 219 g/mol. The summed E-state index contributed by atoms with van der Waals surface area (Å²) in [5.41, 5.74) is 7.11. The maximum absolute atomic E-state index is 9.92. The lowest BCUT2D eigenvalue weighted by Gasteiger charge is -2.21. The van der Waals surface area contributed by atoms with Gasteiger partial charge in [0, 0.05) is 29.2 Å². The van der Waals surface area contributed by atoms with Crippen molar-refractivity contribution in [1.29, 1.82) is 5.41 Å². The molecular weight excluding hydrogens is 202 g/mol. The van der Waals surface area contributed by atoms with Crippen LogP contribution in [0, 0.1) is 5.41 Å². The van der Waals surface area contributed by atoms with E-state index in [0.717, 1.165) is 6.21 Å². The van der Waals surface area contributed by atoms with Gasteiger partial charge in [0.15, 0.2) is 0 Å². The summed E-state index contributed by atoms with van der Waals surface area (Å²) in [5, 5.41) is 17.3. The summed E-state index contributed by atoms with van der Waals surface area (Å²) < 4.78 is 0. The number of nitrogens with two attached hydrogens (primary N) is 1. The Bertz CT molecular complexity index is 431. The predicted molar refractivity (Wildman–Crippen MR) is 67.8 cm³/mol. The van der Waals surface area contributed by atoms with E-state index < -0.39 is 5.60 Å². The van der Waals surface area contributed by atoms with Crippen molar-refractivity contribution in [2.75, 3.05) is 5.73 Å². The highest BCUT2D eigenvalue weighted by molar-refractivity contribution is 5.93. The average molecular weight is 219 g/mol. The molecule has 4 nitrogen and oxygen atoms in total. The van der Waals surface area contributed by atoms with E-state index in [-0.39, 0.29) is 0 Å². The summed E-state index contributed by atoms with van der Waals surface area (Å²) in [6.45, 7) is 5.12. The SMILES string of the molecule is CC=Nc1ccc(C(C)(C)O)c(N)c1C=N. The third kappa shape index (κ3) is 2.28. The van der Waals surface area contributed by atoms with Gasteiger partial charge in [0.2, 0.25) is 0 Å². The minimum Gasteiger partial charge on any atom is -0.398 e. The number of nitrogens with zero attached hydrogens (tertiary/aromatic N) is 1. The largest absolute Gasteiger partial charge is 0.398 e. The lowest BCUT2D eigenvalue weighted by Crippen LogP contribution is -2.18. The van der Waals surface area contributed by atoms with Crippen LogP contribution in [0.2, 0.25) is 0 Å². The zero-order valence-electron chi connectivity index (χ0n) is 9.78. The van der Waals surface area contributed by atoms with Crippen molar-refractivity contribution in [3.05, 3.63) is 23.3 Å². The van der Waals surface area contributed by atoms with E-state index in [1.165, 1.54) is 0 Å². The fraction of sp³-hybridized carbons (Fsp3) is 0.333. The van der Waals surface area contributed by atoms with Gasteiger partial charge >= 0.3 is 0 Å². The second-order valence-corrected chi connectivity index (χ2v) is 4.05. The van der Waals surface area contributed by atoms with Gasteiger partial charge in [-0.1, -0.05) is 6.07 Å². The molecular formula is C12H17N3O. The summed E-state index contributed by atoms with van der Waals surface area (Å²) in [6, 6.07) is 3.49. The van der Waals surface area contributed by atoms with E-state index >= 15 is 0 Å². The van der Waals surface area contributed by atoms with Crippen LogP contribution in [0.1, 0.15) is 31.9 Å². The molecule has 0 aliphatic carbocycles. The Morgan fingerprint density at radius 3 is 2.50 bits per heavy atom. The van der Waals surface area contributed by atoms with Crippen molar-refractivity contribution in [2.45, 2.75) is 26.4 Å². The molecule has 1 aromatic carbocycles. The molecule has 0 fully saturated rings. The molecule has 0 radical (unpaired) electrons. The number of anilines is 1. The van der Waals surface area contributed by atoms with Crippen molar-refractivity contribution < 1.29 is 5.11 Å². The van der Waals surface area contributed by atoms with E-state index in [1.807, 2.05) is 0 Å². The third-order valence-electron chi connectivity index (χ3n) is 2.34. The van der Waals surface area contributed by atoms with Gasteiger partial charge in [-0.25, -0.2) is 0 Å². The summed E-state index contributed by atoms with van der Waals surface area (Å²) >= 11 is 0. The van der Waals surface area contributed by atoms with E-state index in [9.17, 15) is 5.11 Å². The molecule has 0 amide bonds. The van der Waals surface area contributed by atoms with Crippen LogP contribution < -0.4 is 5.73 Å². The van der Waals surface area contributed by atoms with Crippen molar-refractivity contribution in [1.82, 2.24) is 0 Å². The lowest BCUT2D eigenvalue weighted by molar-refractivity contribution is 0.0794. The minimum atomic E-state index is -1.02. The maximum atomic E-state index is 9.92. The van der Waals surface area contributed by atoms with E-state index in [4.69, 9.17) is 11.1 Å². The van der Waals surface area contributed by atoms with Gasteiger partial charge in [0.1, 0.15) is 0 Å². The van der Waals surface area contributed by atoms with Crippen molar-refractivity contribution >= 4 is 23.8 Å². The number of hydrogen-bond donors (Lipinski definition) is 3. The van der Waals surface area contributed by atoms with Gasteiger partial charge < -0.3 is 16.2 Å². The third-order valence-corrected chi connectivity index (χ3v) is 2.34. The highest BCUT2D eigenvalue weighted by Crippen LogP contribution is 2.32. The summed E-state index contributed by atoms with van der Waals surface area (Å²) in [4.78, 5) is 4.12. The molecule has 0 unspecified atom stereocenters. The standard InChI is InChI=1S/C12H17N3O/c1-4-15-10-6-5-9(12(2,3)16)11(14)8(10)7-13/h4-7,13,16H,14H2,1-3H3. The number of hydrogen-bond acceptors (Lipinski definition) is 4. The first kappa shape index (κ1) is 12.4. The van der Waals surface area contributed by atoms with Crippen molar-refractivity contribution in [2.24, 2.45) is 4.99 Å². The summed E-state index contributed by atoms with van der Waals surface area (Å²) in [5.74, 6) is 0. The maximum Gasteiger partial charge on any atom is 0.0860 e. The molecule has 4 heteroatoms. The Morgan fingerprint density at radius 2 is 2.06 bits per heavy atom. The van der Waals surface area contributed by atoms with Gasteiger partial charge in [-0.2, -0.15) is 0 Å². The molecule has 0 saturated heterocycles. The Morgan fingerprint density at radius 1 is 1.44 bits per heavy atom. The van der Waals surface area contributed by atoms with Crippen LogP contribution in [0.25, 0.3) is 0 Å². The van der Waals surface area contributed by atoms with Crippen LogP contribution in [0.15, 0.2) is 17.1 Å². The van der Waals surface area contributed by atoms with E-state index in [0.29, 0.717) is 22.5 Å². The number of aliphatic hydroxyl groups is 1. The molecule has 0 heterocycles. The minimum absolute atomic E-state index is 0.408. The fourth-order valence-corrected chi connectivity index (χ4v) is 1.56. The van der Waals surface area contributed by atoms with Crippen LogP contribution in [0.5, 0.6) is 0 Å². The van der Waals surface area contributed by atoms with Crippen LogP contribution in [0.4, 0.5) is 11.4 Å². The van der Waals surface area contributed by atoms with Gasteiger partial charge in [-0.15, -0.1) is 0 Å². The van der Waals surface area contributed by atoms with Crippen LogP contribution in [0.3, 0.4) is 0 Å². The molecule has 0 aliphatic rings. The Kier molecular flexibility index (Phi) is 3.44. The molecule has 16 heavy (non-hydrogen) atoms. The molecule has 4 N–H and O–H groups in total. The van der Waals surface area contributed by atoms with Gasteiger partial charge in [0.25, 0.3) is 0 Å². The molecule has 0 spiro atoms. The van der Waals surface area contributed by atoms with Crippen LogP contribution >= 0.6 is 0 Å². The first-order valence-corrected chi connectivity index (χ1v) is 5.06. The molecule has 0 aliphatic heterocycles. The predicted octanol–water partition coefficient (Wildman–Crippen LogP) is 2.22. The molecule has 0 aromatic heterocycles. The first-order valence-electron chi connectivity index (χ1n) is 5.06. The Hall–Kier alpha value is -1.68. The molecule has 0 atom stereocenters. The fourth-order valence-electron chi connectivity index (χ4n) is 1.56. The quantitative estimate of drug-likeness (QED) is 0.538. The van der Waals surface area contributed by atoms with Gasteiger partial charge in [-0.05, 0) is 26.8 Å². The van der Waals surface area contributed by atoms with Crippen LogP contribution in [-0.2, 0) is 5.60 Å².